The molecule has 1 aliphatic heterocycles. The van der Waals surface area contributed by atoms with Gasteiger partial charge in [0.2, 0.25) is 0 Å². The Hall–Kier alpha value is -1.09. The van der Waals surface area contributed by atoms with Gasteiger partial charge in [0.05, 0.1) is 11.7 Å². The van der Waals surface area contributed by atoms with Gasteiger partial charge in [0, 0.05) is 13.1 Å². The first-order valence-corrected chi connectivity index (χ1v) is 4.04. The molecule has 1 saturated heterocycles. The van der Waals surface area contributed by atoms with Crippen LogP contribution in [0, 0.1) is 5.82 Å². The first-order valence-electron chi connectivity index (χ1n) is 4.04. The van der Waals surface area contributed by atoms with Crippen LogP contribution < -0.4 is 10.6 Å². The maximum Gasteiger partial charge on any atom is 0.146 e. The minimum absolute atomic E-state index is 0.159. The summed E-state index contributed by atoms with van der Waals surface area (Å²) < 4.78 is 13.1. The summed E-state index contributed by atoms with van der Waals surface area (Å²) in [6, 6.07) is 7.14. The molecular weight excluding hydrogens is 155 g/mol. The average Bonchev–Trinajstić information content (AvgIpc) is 2.84. The Balaban J connectivity index is 2.19. The summed E-state index contributed by atoms with van der Waals surface area (Å²) in [5.74, 6) is -0.159. The molecule has 0 bridgehead atoms. The molecule has 1 atom stereocenters. The zero-order chi connectivity index (χ0) is 8.55. The molecule has 0 radical (unpaired) electrons. The number of nitrogens with two attached hydrogens (primary N) is 1. The van der Waals surface area contributed by atoms with Crippen molar-refractivity contribution in [3.63, 3.8) is 0 Å². The molecule has 2 N–H and O–H groups in total. The molecule has 1 unspecified atom stereocenters. The number of nitrogens with zero attached hydrogens (tertiary/aromatic N) is 1. The molecule has 12 heavy (non-hydrogen) atoms. The van der Waals surface area contributed by atoms with Gasteiger partial charge in [0.1, 0.15) is 5.82 Å². The van der Waals surface area contributed by atoms with Crippen LogP contribution in [0.3, 0.4) is 0 Å². The predicted molar refractivity (Wildman–Crippen MR) is 46.6 cm³/mol. The van der Waals surface area contributed by atoms with E-state index in [9.17, 15) is 4.39 Å². The fourth-order valence-electron chi connectivity index (χ4n) is 1.36. The Bertz CT molecular complexity index is 288. The number of hydrogen-bond acceptors (Lipinski definition) is 2. The molecule has 0 spiro atoms. The van der Waals surface area contributed by atoms with E-state index in [2.05, 4.69) is 0 Å². The highest BCUT2D eigenvalue weighted by atomic mass is 19.1. The van der Waals surface area contributed by atoms with E-state index in [0.29, 0.717) is 18.3 Å². The van der Waals surface area contributed by atoms with E-state index in [1.54, 1.807) is 12.1 Å². The maximum absolute atomic E-state index is 13.1. The molecule has 0 amide bonds. The fraction of sp³-hybridized carbons (Fsp3) is 0.333. The standard InChI is InChI=1S/C9H11FN2/c10-8-3-1-2-4-9(8)12-6-7(12)5-11/h1-4,7H,5-6,11H2. The van der Waals surface area contributed by atoms with E-state index in [1.807, 2.05) is 11.0 Å². The van der Waals surface area contributed by atoms with Crippen LogP contribution in [0.5, 0.6) is 0 Å². The van der Waals surface area contributed by atoms with Crippen LogP contribution in [0.15, 0.2) is 24.3 Å². The third kappa shape index (κ3) is 1.16. The molecule has 3 heteroatoms. The van der Waals surface area contributed by atoms with E-state index < -0.39 is 0 Å². The van der Waals surface area contributed by atoms with Crippen molar-refractivity contribution < 1.29 is 4.39 Å². The van der Waals surface area contributed by atoms with Crippen molar-refractivity contribution in [2.24, 2.45) is 5.73 Å². The lowest BCUT2D eigenvalue weighted by atomic mass is 10.3. The monoisotopic (exact) mass is 166 g/mol. The van der Waals surface area contributed by atoms with Gasteiger partial charge in [-0.2, -0.15) is 0 Å². The Morgan fingerprint density at radius 1 is 1.50 bits per heavy atom. The SMILES string of the molecule is NCC1CN1c1ccccc1F. The van der Waals surface area contributed by atoms with E-state index in [4.69, 9.17) is 5.73 Å². The van der Waals surface area contributed by atoms with Gasteiger partial charge < -0.3 is 10.6 Å². The molecule has 1 aromatic rings. The second-order valence-corrected chi connectivity index (χ2v) is 2.99. The van der Waals surface area contributed by atoms with Gasteiger partial charge in [-0.1, -0.05) is 12.1 Å². The number of halogens is 1. The van der Waals surface area contributed by atoms with Crippen molar-refractivity contribution >= 4 is 5.69 Å². The minimum Gasteiger partial charge on any atom is -0.361 e. The lowest BCUT2D eigenvalue weighted by molar-refractivity contribution is 0.628. The van der Waals surface area contributed by atoms with Crippen LogP contribution in [-0.2, 0) is 0 Å². The summed E-state index contributed by atoms with van der Waals surface area (Å²) in [6.07, 6.45) is 0. The molecule has 2 nitrogen and oxygen atoms in total. The van der Waals surface area contributed by atoms with Gasteiger partial charge in [-0.25, -0.2) is 4.39 Å². The van der Waals surface area contributed by atoms with Crippen molar-refractivity contribution in [1.82, 2.24) is 0 Å². The third-order valence-corrected chi connectivity index (χ3v) is 2.15. The highest BCUT2D eigenvalue weighted by Crippen LogP contribution is 2.28. The Labute approximate surface area is 70.8 Å². The number of rotatable bonds is 2. The molecule has 0 aliphatic carbocycles. The van der Waals surface area contributed by atoms with Gasteiger partial charge in [-0.05, 0) is 12.1 Å². The quantitative estimate of drug-likeness (QED) is 0.663. The Morgan fingerprint density at radius 2 is 2.25 bits per heavy atom. The number of para-hydroxylation sites is 1. The summed E-state index contributed by atoms with van der Waals surface area (Å²) in [7, 11) is 0. The lowest BCUT2D eigenvalue weighted by Crippen LogP contribution is -2.12. The minimum atomic E-state index is -0.159. The van der Waals surface area contributed by atoms with Gasteiger partial charge >= 0.3 is 0 Å². The summed E-state index contributed by atoms with van der Waals surface area (Å²) >= 11 is 0. The number of benzene rings is 1. The van der Waals surface area contributed by atoms with Gasteiger partial charge in [0.15, 0.2) is 0 Å². The van der Waals surface area contributed by atoms with E-state index in [-0.39, 0.29) is 5.82 Å². The van der Waals surface area contributed by atoms with Gasteiger partial charge in [0.25, 0.3) is 0 Å². The summed E-state index contributed by atoms with van der Waals surface area (Å²) in [4.78, 5) is 1.97. The van der Waals surface area contributed by atoms with Gasteiger partial charge in [-0.15, -0.1) is 0 Å². The third-order valence-electron chi connectivity index (χ3n) is 2.15. The zero-order valence-corrected chi connectivity index (χ0v) is 6.70. The summed E-state index contributed by atoms with van der Waals surface area (Å²) in [6.45, 7) is 1.49. The van der Waals surface area contributed by atoms with Crippen LogP contribution in [0.4, 0.5) is 10.1 Å². The molecular formula is C9H11FN2. The van der Waals surface area contributed by atoms with Crippen molar-refractivity contribution in [3.05, 3.63) is 30.1 Å². The van der Waals surface area contributed by atoms with Crippen molar-refractivity contribution in [2.45, 2.75) is 6.04 Å². The van der Waals surface area contributed by atoms with Crippen LogP contribution in [0.1, 0.15) is 0 Å². The predicted octanol–water partition coefficient (Wildman–Crippen LogP) is 0.973. The summed E-state index contributed by atoms with van der Waals surface area (Å²) in [5.41, 5.74) is 6.12. The second-order valence-electron chi connectivity index (χ2n) is 2.99. The first kappa shape index (κ1) is 7.55. The first-order chi connectivity index (χ1) is 5.83. The Kier molecular flexibility index (Phi) is 1.73. The summed E-state index contributed by atoms with van der Waals surface area (Å²) in [5, 5.41) is 0. The van der Waals surface area contributed by atoms with Gasteiger partial charge in [-0.3, -0.25) is 0 Å². The number of anilines is 1. The van der Waals surface area contributed by atoms with Crippen molar-refractivity contribution in [3.8, 4) is 0 Å². The molecule has 1 aliphatic rings. The van der Waals surface area contributed by atoms with Crippen molar-refractivity contribution in [1.29, 1.82) is 0 Å². The lowest BCUT2D eigenvalue weighted by Gasteiger charge is -2.04. The fourth-order valence-corrected chi connectivity index (χ4v) is 1.36. The molecule has 64 valence electrons. The average molecular weight is 166 g/mol. The maximum atomic E-state index is 13.1. The van der Waals surface area contributed by atoms with E-state index in [0.717, 1.165) is 6.54 Å². The van der Waals surface area contributed by atoms with Crippen LogP contribution in [-0.4, -0.2) is 19.1 Å². The second kappa shape index (κ2) is 2.75. The smallest absolute Gasteiger partial charge is 0.146 e. The Morgan fingerprint density at radius 3 is 2.83 bits per heavy atom. The highest BCUT2D eigenvalue weighted by Gasteiger charge is 2.33. The molecule has 2 rings (SSSR count). The molecule has 1 aromatic carbocycles. The normalized spacial score (nSPS) is 21.2. The zero-order valence-electron chi connectivity index (χ0n) is 6.70. The molecule has 0 aromatic heterocycles. The van der Waals surface area contributed by atoms with Crippen LogP contribution >= 0.6 is 0 Å². The topological polar surface area (TPSA) is 29.0 Å². The van der Waals surface area contributed by atoms with E-state index in [1.165, 1.54) is 6.07 Å². The van der Waals surface area contributed by atoms with E-state index >= 15 is 0 Å². The van der Waals surface area contributed by atoms with Crippen molar-refractivity contribution in [2.75, 3.05) is 18.0 Å². The van der Waals surface area contributed by atoms with Crippen LogP contribution in [0.25, 0.3) is 0 Å². The molecule has 1 fully saturated rings. The molecule has 1 heterocycles. The number of hydrogen-bond donors (Lipinski definition) is 1. The highest BCUT2D eigenvalue weighted by molar-refractivity contribution is 5.54. The largest absolute Gasteiger partial charge is 0.361 e. The van der Waals surface area contributed by atoms with Crippen LogP contribution in [0.2, 0.25) is 0 Å². The molecule has 0 saturated carbocycles.